The molecule has 0 heterocycles. The van der Waals surface area contributed by atoms with E-state index in [-0.39, 0.29) is 16.4 Å². The van der Waals surface area contributed by atoms with Crippen LogP contribution in [0, 0.1) is 6.92 Å². The van der Waals surface area contributed by atoms with Gasteiger partial charge in [0.2, 0.25) is 0 Å². The fourth-order valence-corrected chi connectivity index (χ4v) is 3.25. The van der Waals surface area contributed by atoms with Crippen LogP contribution in [0.3, 0.4) is 0 Å². The highest BCUT2D eigenvalue weighted by Gasteiger charge is 2.13. The Morgan fingerprint density at radius 1 is 0.862 bits per heavy atom. The second-order valence-electron chi connectivity index (χ2n) is 8.18. The van der Waals surface area contributed by atoms with Crippen molar-refractivity contribution in [3.63, 3.8) is 0 Å². The van der Waals surface area contributed by atoms with Crippen LogP contribution >= 0.6 is 12.2 Å². The van der Waals surface area contributed by atoms with Gasteiger partial charge in [0.15, 0.2) is 5.11 Å². The van der Waals surface area contributed by atoms with Gasteiger partial charge in [-0.2, -0.15) is 0 Å². The Labute approximate surface area is 178 Å². The number of hydrogen-bond acceptors (Lipinski definition) is 2. The van der Waals surface area contributed by atoms with Gasteiger partial charge in [0.25, 0.3) is 5.91 Å². The fraction of sp³-hybridized carbons (Fsp3) is 0.200. The van der Waals surface area contributed by atoms with Crippen molar-refractivity contribution in [1.29, 1.82) is 0 Å². The Morgan fingerprint density at radius 3 is 2.00 bits per heavy atom. The van der Waals surface area contributed by atoms with Gasteiger partial charge in [0, 0.05) is 11.3 Å². The summed E-state index contributed by atoms with van der Waals surface area (Å²) in [5.41, 5.74) is 6.16. The summed E-state index contributed by atoms with van der Waals surface area (Å²) >= 11 is 5.26. The third-order valence-electron chi connectivity index (χ3n) is 4.73. The first-order valence-corrected chi connectivity index (χ1v) is 10.0. The number of thiocarbonyl (C=S) groups is 1. The van der Waals surface area contributed by atoms with E-state index < -0.39 is 0 Å². The van der Waals surface area contributed by atoms with Crippen LogP contribution in [-0.4, -0.2) is 11.0 Å². The third-order valence-corrected chi connectivity index (χ3v) is 4.94. The Balaban J connectivity index is 1.64. The lowest BCUT2D eigenvalue weighted by Gasteiger charge is -2.19. The maximum atomic E-state index is 12.5. The molecule has 0 spiro atoms. The molecule has 0 atom stereocenters. The normalized spacial score (nSPS) is 11.0. The van der Waals surface area contributed by atoms with Gasteiger partial charge in [-0.25, -0.2) is 0 Å². The molecule has 3 rings (SSSR count). The van der Waals surface area contributed by atoms with Gasteiger partial charge in [-0.3, -0.25) is 10.1 Å². The van der Waals surface area contributed by atoms with Crippen molar-refractivity contribution >= 4 is 28.9 Å². The summed E-state index contributed by atoms with van der Waals surface area (Å²) in [5.74, 6) is -0.232. The predicted molar refractivity (Wildman–Crippen MR) is 125 cm³/mol. The molecule has 0 fully saturated rings. The molecule has 0 aromatic heterocycles. The van der Waals surface area contributed by atoms with E-state index in [0.29, 0.717) is 5.56 Å². The van der Waals surface area contributed by atoms with E-state index in [4.69, 9.17) is 12.2 Å². The molecule has 3 aromatic carbocycles. The highest BCUT2D eigenvalue weighted by atomic mass is 32.1. The summed E-state index contributed by atoms with van der Waals surface area (Å²) in [6.45, 7) is 8.61. The molecule has 3 nitrogen and oxygen atoms in total. The minimum absolute atomic E-state index is 0.130. The number of carbonyl (C=O) groups excluding carboxylic acids is 1. The lowest BCUT2D eigenvalue weighted by atomic mass is 9.86. The molecule has 0 bridgehead atoms. The molecule has 0 radical (unpaired) electrons. The van der Waals surface area contributed by atoms with E-state index >= 15 is 0 Å². The molecule has 3 aromatic rings. The number of carbonyl (C=O) groups is 1. The second kappa shape index (κ2) is 8.58. The lowest BCUT2D eigenvalue weighted by Crippen LogP contribution is -2.34. The molecule has 0 aliphatic carbocycles. The van der Waals surface area contributed by atoms with Crippen molar-refractivity contribution in [1.82, 2.24) is 5.32 Å². The van der Waals surface area contributed by atoms with E-state index in [0.717, 1.165) is 22.4 Å². The van der Waals surface area contributed by atoms with Crippen molar-refractivity contribution in [3.8, 4) is 11.1 Å². The largest absolute Gasteiger partial charge is 0.332 e. The molecule has 148 valence electrons. The zero-order valence-corrected chi connectivity index (χ0v) is 18.1. The maximum absolute atomic E-state index is 12.5. The van der Waals surface area contributed by atoms with Crippen LogP contribution in [-0.2, 0) is 5.41 Å². The monoisotopic (exact) mass is 402 g/mol. The standard InChI is InChI=1S/C25H26N2OS/c1-17-6-5-7-22(16-17)26-24(29)27-23(28)20-10-8-18(9-11-20)19-12-14-21(15-13-19)25(2,3)4/h5-16H,1-4H3,(H2,26,27,28,29). The first kappa shape index (κ1) is 20.7. The summed E-state index contributed by atoms with van der Waals surface area (Å²) in [5, 5.41) is 6.05. The zero-order valence-electron chi connectivity index (χ0n) is 17.2. The number of benzene rings is 3. The first-order valence-electron chi connectivity index (χ1n) is 9.62. The van der Waals surface area contributed by atoms with E-state index in [1.807, 2.05) is 55.5 Å². The van der Waals surface area contributed by atoms with E-state index in [1.165, 1.54) is 5.56 Å². The highest BCUT2D eigenvalue weighted by molar-refractivity contribution is 7.80. The van der Waals surface area contributed by atoms with Gasteiger partial charge >= 0.3 is 0 Å². The average molecular weight is 403 g/mol. The van der Waals surface area contributed by atoms with Gasteiger partial charge in [-0.05, 0) is 71.1 Å². The van der Waals surface area contributed by atoms with Gasteiger partial charge < -0.3 is 5.32 Å². The van der Waals surface area contributed by atoms with Crippen molar-refractivity contribution in [2.24, 2.45) is 0 Å². The van der Waals surface area contributed by atoms with E-state index in [9.17, 15) is 4.79 Å². The number of amides is 1. The fourth-order valence-electron chi connectivity index (χ4n) is 3.04. The molecular weight excluding hydrogens is 376 g/mol. The first-order chi connectivity index (χ1) is 13.7. The van der Waals surface area contributed by atoms with Crippen molar-refractivity contribution < 1.29 is 4.79 Å². The molecule has 0 unspecified atom stereocenters. The van der Waals surface area contributed by atoms with E-state index in [1.54, 1.807) is 0 Å². The highest BCUT2D eigenvalue weighted by Crippen LogP contribution is 2.26. The second-order valence-corrected chi connectivity index (χ2v) is 8.59. The molecule has 1 amide bonds. The summed E-state index contributed by atoms with van der Waals surface area (Å²) in [6.07, 6.45) is 0. The summed E-state index contributed by atoms with van der Waals surface area (Å²) in [7, 11) is 0. The number of rotatable bonds is 3. The average Bonchev–Trinajstić information content (AvgIpc) is 2.67. The Kier molecular flexibility index (Phi) is 6.14. The van der Waals surface area contributed by atoms with Crippen LogP contribution < -0.4 is 10.6 Å². The summed E-state index contributed by atoms with van der Waals surface area (Å²) in [4.78, 5) is 12.5. The maximum Gasteiger partial charge on any atom is 0.257 e. The lowest BCUT2D eigenvalue weighted by molar-refractivity contribution is 0.0978. The van der Waals surface area contributed by atoms with Crippen molar-refractivity contribution in [3.05, 3.63) is 89.5 Å². The van der Waals surface area contributed by atoms with Gasteiger partial charge in [0.1, 0.15) is 0 Å². The van der Waals surface area contributed by atoms with Crippen molar-refractivity contribution in [2.75, 3.05) is 5.32 Å². The molecule has 0 aliphatic heterocycles. The van der Waals surface area contributed by atoms with Crippen LogP contribution in [0.5, 0.6) is 0 Å². The molecule has 29 heavy (non-hydrogen) atoms. The number of hydrogen-bond donors (Lipinski definition) is 2. The van der Waals surface area contributed by atoms with Gasteiger partial charge in [0.05, 0.1) is 0 Å². The molecule has 2 N–H and O–H groups in total. The zero-order chi connectivity index (χ0) is 21.0. The molecular formula is C25H26N2OS. The molecule has 4 heteroatoms. The van der Waals surface area contributed by atoms with Gasteiger partial charge in [-0.15, -0.1) is 0 Å². The van der Waals surface area contributed by atoms with Crippen LogP contribution in [0.1, 0.15) is 42.3 Å². The quantitative estimate of drug-likeness (QED) is 0.521. The third kappa shape index (κ3) is 5.52. The predicted octanol–water partition coefficient (Wildman–Crippen LogP) is 6.09. The summed E-state index contributed by atoms with van der Waals surface area (Å²) in [6, 6.07) is 23.9. The smallest absolute Gasteiger partial charge is 0.257 e. The molecule has 0 saturated carbocycles. The van der Waals surface area contributed by atoms with Crippen molar-refractivity contribution in [2.45, 2.75) is 33.1 Å². The summed E-state index contributed by atoms with van der Waals surface area (Å²) < 4.78 is 0. The molecule has 0 aliphatic rings. The van der Waals surface area contributed by atoms with Crippen LogP contribution in [0.15, 0.2) is 72.8 Å². The Bertz CT molecular complexity index is 1020. The van der Waals surface area contributed by atoms with Crippen LogP contribution in [0.25, 0.3) is 11.1 Å². The molecule has 0 saturated heterocycles. The number of nitrogens with one attached hydrogen (secondary N) is 2. The van der Waals surface area contributed by atoms with Crippen LogP contribution in [0.4, 0.5) is 5.69 Å². The number of aryl methyl sites for hydroxylation is 1. The minimum atomic E-state index is -0.232. The van der Waals surface area contributed by atoms with E-state index in [2.05, 4.69) is 55.7 Å². The topological polar surface area (TPSA) is 41.1 Å². The van der Waals surface area contributed by atoms with Crippen LogP contribution in [0.2, 0.25) is 0 Å². The number of anilines is 1. The Morgan fingerprint density at radius 2 is 1.45 bits per heavy atom. The van der Waals surface area contributed by atoms with Gasteiger partial charge in [-0.1, -0.05) is 69.3 Å². The Hall–Kier alpha value is -2.98. The minimum Gasteiger partial charge on any atom is -0.332 e. The SMILES string of the molecule is Cc1cccc(NC(=S)NC(=O)c2ccc(-c3ccc(C(C)(C)C)cc3)cc2)c1.